The lowest BCUT2D eigenvalue weighted by molar-refractivity contribution is -0.137. The van der Waals surface area contributed by atoms with Crippen molar-refractivity contribution in [3.63, 3.8) is 0 Å². The van der Waals surface area contributed by atoms with Crippen molar-refractivity contribution in [3.8, 4) is 17.2 Å². The first-order chi connectivity index (χ1) is 17.7. The highest BCUT2D eigenvalue weighted by atomic mass is 19.4. The quantitative estimate of drug-likeness (QED) is 0.303. The van der Waals surface area contributed by atoms with Gasteiger partial charge in [-0.05, 0) is 56.3 Å². The average Bonchev–Trinajstić information content (AvgIpc) is 3.11. The maximum absolute atomic E-state index is 13.5. The van der Waals surface area contributed by atoms with Crippen molar-refractivity contribution >= 4 is 23.1 Å². The van der Waals surface area contributed by atoms with Gasteiger partial charge in [0, 0.05) is 48.8 Å². The van der Waals surface area contributed by atoms with Gasteiger partial charge in [-0.2, -0.15) is 13.2 Å². The summed E-state index contributed by atoms with van der Waals surface area (Å²) >= 11 is 0. The van der Waals surface area contributed by atoms with Crippen LogP contribution in [0.25, 0.3) is 0 Å². The number of carbonyl (C=O) groups is 1. The number of aryl methyl sites for hydroxylation is 1. The summed E-state index contributed by atoms with van der Waals surface area (Å²) in [7, 11) is 1.74. The Kier molecular flexibility index (Phi) is 8.02. The molecule has 1 aliphatic rings. The summed E-state index contributed by atoms with van der Waals surface area (Å²) in [6.07, 6.45) is -2.16. The molecule has 4 N–H and O–H groups in total. The van der Waals surface area contributed by atoms with Gasteiger partial charge in [0.15, 0.2) is 11.6 Å². The van der Waals surface area contributed by atoms with E-state index in [1.54, 1.807) is 37.5 Å². The number of aromatic nitrogens is 1. The lowest BCUT2D eigenvalue weighted by Gasteiger charge is -2.16. The second-order valence-corrected chi connectivity index (χ2v) is 8.48. The van der Waals surface area contributed by atoms with E-state index >= 15 is 0 Å². The molecule has 1 aliphatic heterocycles. The van der Waals surface area contributed by atoms with Crippen molar-refractivity contribution in [2.75, 3.05) is 49.2 Å². The highest BCUT2D eigenvalue weighted by Gasteiger charge is 2.31. The van der Waals surface area contributed by atoms with E-state index in [0.717, 1.165) is 30.7 Å². The number of ether oxygens (including phenoxy) is 2. The zero-order valence-electron chi connectivity index (χ0n) is 20.5. The van der Waals surface area contributed by atoms with Crippen LogP contribution in [0.3, 0.4) is 0 Å². The molecule has 0 aliphatic carbocycles. The fourth-order valence-corrected chi connectivity index (χ4v) is 3.70. The summed E-state index contributed by atoms with van der Waals surface area (Å²) in [6.45, 7) is 4.03. The number of amides is 1. The fourth-order valence-electron chi connectivity index (χ4n) is 3.70. The largest absolute Gasteiger partial charge is 0.486 e. The van der Waals surface area contributed by atoms with Crippen LogP contribution in [-0.4, -0.2) is 44.2 Å². The van der Waals surface area contributed by atoms with Gasteiger partial charge < -0.3 is 30.7 Å². The predicted molar refractivity (Wildman–Crippen MR) is 136 cm³/mol. The van der Waals surface area contributed by atoms with Crippen molar-refractivity contribution in [1.82, 2.24) is 10.3 Å². The van der Waals surface area contributed by atoms with Crippen LogP contribution in [0.4, 0.5) is 30.4 Å². The van der Waals surface area contributed by atoms with Crippen LogP contribution in [0.2, 0.25) is 0 Å². The smallest absolute Gasteiger partial charge is 0.416 e. The molecule has 2 aromatic carbocycles. The van der Waals surface area contributed by atoms with Crippen molar-refractivity contribution in [2.45, 2.75) is 19.5 Å². The van der Waals surface area contributed by atoms with E-state index in [0.29, 0.717) is 42.8 Å². The average molecular weight is 516 g/mol. The first kappa shape index (κ1) is 26.1. The number of likely N-dealkylation sites (N-methyl/N-ethyl adjacent to an activating group) is 1. The summed E-state index contributed by atoms with van der Waals surface area (Å²) < 4.78 is 52.3. The zero-order chi connectivity index (χ0) is 26.4. The van der Waals surface area contributed by atoms with Crippen LogP contribution >= 0.6 is 0 Å². The van der Waals surface area contributed by atoms with Crippen LogP contribution in [0, 0.1) is 6.92 Å². The number of benzene rings is 2. The van der Waals surface area contributed by atoms with Gasteiger partial charge in [0.1, 0.15) is 5.75 Å². The molecular formula is C26H28F3N5O3. The Morgan fingerprint density at radius 1 is 1.11 bits per heavy atom. The first-order valence-corrected chi connectivity index (χ1v) is 11.8. The number of anilines is 3. The summed E-state index contributed by atoms with van der Waals surface area (Å²) in [5.41, 5.74) is 0.395. The van der Waals surface area contributed by atoms with Crippen molar-refractivity contribution in [3.05, 3.63) is 65.4 Å². The van der Waals surface area contributed by atoms with E-state index in [2.05, 4.69) is 26.3 Å². The number of fused-ring (bicyclic) bond motifs is 1. The number of nitrogens with one attached hydrogen (secondary N) is 4. The molecule has 11 heteroatoms. The van der Waals surface area contributed by atoms with E-state index in [4.69, 9.17) is 9.47 Å². The molecule has 0 atom stereocenters. The van der Waals surface area contributed by atoms with Gasteiger partial charge in [0.2, 0.25) is 5.75 Å². The summed E-state index contributed by atoms with van der Waals surface area (Å²) in [4.78, 5) is 17.3. The third kappa shape index (κ3) is 6.62. The third-order valence-corrected chi connectivity index (χ3v) is 5.62. The van der Waals surface area contributed by atoms with Gasteiger partial charge in [-0.3, -0.25) is 4.79 Å². The minimum Gasteiger partial charge on any atom is -0.486 e. The molecular weight excluding hydrogens is 487 g/mol. The van der Waals surface area contributed by atoms with Crippen LogP contribution in [0.15, 0.2) is 48.7 Å². The van der Waals surface area contributed by atoms with Crippen molar-refractivity contribution in [2.24, 2.45) is 0 Å². The number of hydrogen-bond acceptors (Lipinski definition) is 7. The SMILES string of the molecule is CNCCNc1cc(NC(=O)c2ccc(C)c(Oc3ccnc4c3OCCCN4)c2)cc(C(F)(F)F)c1. The molecule has 8 nitrogen and oxygen atoms in total. The number of hydrogen-bond donors (Lipinski definition) is 4. The van der Waals surface area contributed by atoms with E-state index in [1.807, 2.05) is 6.92 Å². The van der Waals surface area contributed by atoms with E-state index in [-0.39, 0.29) is 16.9 Å². The molecule has 1 amide bonds. The number of carbonyl (C=O) groups excluding carboxylic acids is 1. The second-order valence-electron chi connectivity index (χ2n) is 8.48. The molecule has 37 heavy (non-hydrogen) atoms. The summed E-state index contributed by atoms with van der Waals surface area (Å²) in [6, 6.07) is 9.89. The second kappa shape index (κ2) is 11.4. The Morgan fingerprint density at radius 2 is 1.92 bits per heavy atom. The predicted octanol–water partition coefficient (Wildman–Crippen LogP) is 5.28. The lowest BCUT2D eigenvalue weighted by atomic mass is 10.1. The molecule has 0 bridgehead atoms. The minimum absolute atomic E-state index is 0.0220. The van der Waals surface area contributed by atoms with Crippen LogP contribution in [-0.2, 0) is 6.18 Å². The number of nitrogens with zero attached hydrogens (tertiary/aromatic N) is 1. The Bertz CT molecular complexity index is 1270. The van der Waals surface area contributed by atoms with Crippen LogP contribution in [0.5, 0.6) is 17.2 Å². The maximum Gasteiger partial charge on any atom is 0.416 e. The first-order valence-electron chi connectivity index (χ1n) is 11.8. The Morgan fingerprint density at radius 3 is 2.70 bits per heavy atom. The molecule has 0 saturated heterocycles. The molecule has 2 heterocycles. The zero-order valence-corrected chi connectivity index (χ0v) is 20.5. The summed E-state index contributed by atoms with van der Waals surface area (Å²) in [5, 5.41) is 11.6. The standard InChI is InChI=1S/C26H28F3N5O3/c1-16-4-5-17(12-22(16)37-21-6-8-33-24-23(21)36-11-3-7-32-24)25(35)34-20-14-18(26(27,28)29)13-19(15-20)31-10-9-30-2/h4-6,8,12-15,30-31H,3,7,9-11H2,1-2H3,(H,32,33)(H,34,35). The monoisotopic (exact) mass is 515 g/mol. The van der Waals surface area contributed by atoms with Gasteiger partial charge in [-0.25, -0.2) is 4.98 Å². The Balaban J connectivity index is 1.57. The number of rotatable bonds is 8. The Hall–Kier alpha value is -3.99. The van der Waals surface area contributed by atoms with Gasteiger partial charge in [-0.1, -0.05) is 6.07 Å². The molecule has 0 radical (unpaired) electrons. The van der Waals surface area contributed by atoms with E-state index in [9.17, 15) is 18.0 Å². The van der Waals surface area contributed by atoms with Crippen molar-refractivity contribution < 1.29 is 27.4 Å². The molecule has 196 valence electrons. The number of halogens is 3. The van der Waals surface area contributed by atoms with Gasteiger partial charge in [0.25, 0.3) is 5.91 Å². The molecule has 1 aromatic heterocycles. The molecule has 0 spiro atoms. The molecule has 3 aromatic rings. The topological polar surface area (TPSA) is 96.5 Å². The van der Waals surface area contributed by atoms with E-state index in [1.165, 1.54) is 6.07 Å². The maximum atomic E-state index is 13.5. The number of alkyl halides is 3. The number of pyridine rings is 1. The minimum atomic E-state index is -4.56. The van der Waals surface area contributed by atoms with Gasteiger partial charge in [0.05, 0.1) is 12.2 Å². The van der Waals surface area contributed by atoms with Gasteiger partial charge >= 0.3 is 6.18 Å². The Labute approximate surface area is 212 Å². The van der Waals surface area contributed by atoms with Crippen LogP contribution < -0.4 is 30.7 Å². The third-order valence-electron chi connectivity index (χ3n) is 5.62. The van der Waals surface area contributed by atoms with Gasteiger partial charge in [-0.15, -0.1) is 0 Å². The van der Waals surface area contributed by atoms with Crippen LogP contribution in [0.1, 0.15) is 27.9 Å². The fraction of sp³-hybridized carbons (Fsp3) is 0.308. The molecule has 0 saturated carbocycles. The van der Waals surface area contributed by atoms with Crippen molar-refractivity contribution in [1.29, 1.82) is 0 Å². The summed E-state index contributed by atoms with van der Waals surface area (Å²) in [5.74, 6) is 1.33. The van der Waals surface area contributed by atoms with E-state index < -0.39 is 17.6 Å². The molecule has 4 rings (SSSR count). The molecule has 0 fully saturated rings. The normalized spacial score (nSPS) is 13.0. The highest BCUT2D eigenvalue weighted by molar-refractivity contribution is 6.04. The molecule has 0 unspecified atom stereocenters. The highest BCUT2D eigenvalue weighted by Crippen LogP contribution is 2.39. The lowest BCUT2D eigenvalue weighted by Crippen LogP contribution is -2.18.